The second-order valence-electron chi connectivity index (χ2n) is 4.91. The highest BCUT2D eigenvalue weighted by Crippen LogP contribution is 2.16. The number of nitrogens with one attached hydrogen (secondary N) is 2. The molecule has 6 nitrogen and oxygen atoms in total. The summed E-state index contributed by atoms with van der Waals surface area (Å²) < 4.78 is 22.9. The third kappa shape index (κ3) is 5.37. The Bertz CT molecular complexity index is 613. The van der Waals surface area contributed by atoms with Gasteiger partial charge in [-0.3, -0.25) is 4.99 Å². The van der Waals surface area contributed by atoms with Crippen LogP contribution in [0, 0.1) is 13.8 Å². The fraction of sp³-hybridized carbons (Fsp3) is 0.667. The standard InChI is InChI=1S/C12H20N4O2S2.HI/c1-8-11(19-9(2)15-8)6-14-12(13-3)16-10-4-5-20(17,18)7-10;/h10H,4-7H2,1-3H3,(H2,13,14,16);1H. The Labute approximate surface area is 146 Å². The van der Waals surface area contributed by atoms with E-state index in [2.05, 4.69) is 20.6 Å². The van der Waals surface area contributed by atoms with E-state index in [1.807, 2.05) is 13.8 Å². The van der Waals surface area contributed by atoms with E-state index in [1.54, 1.807) is 18.4 Å². The summed E-state index contributed by atoms with van der Waals surface area (Å²) in [6, 6.07) is -0.0458. The van der Waals surface area contributed by atoms with Crippen LogP contribution in [0.2, 0.25) is 0 Å². The number of aromatic nitrogens is 1. The van der Waals surface area contributed by atoms with Crippen LogP contribution in [0.4, 0.5) is 0 Å². The molecule has 120 valence electrons. The summed E-state index contributed by atoms with van der Waals surface area (Å²) in [7, 11) is -1.19. The van der Waals surface area contributed by atoms with Crippen molar-refractivity contribution >= 4 is 51.1 Å². The van der Waals surface area contributed by atoms with Crippen molar-refractivity contribution in [3.05, 3.63) is 15.6 Å². The summed E-state index contributed by atoms with van der Waals surface area (Å²) in [5, 5.41) is 7.42. The number of thiazole rings is 1. The Morgan fingerprint density at radius 2 is 2.19 bits per heavy atom. The molecule has 1 atom stereocenters. The maximum atomic E-state index is 11.4. The molecule has 1 aromatic rings. The molecule has 0 aliphatic carbocycles. The maximum Gasteiger partial charge on any atom is 0.191 e. The lowest BCUT2D eigenvalue weighted by Gasteiger charge is -2.15. The molecule has 0 spiro atoms. The first-order valence-electron chi connectivity index (χ1n) is 6.50. The first-order chi connectivity index (χ1) is 9.39. The van der Waals surface area contributed by atoms with Gasteiger partial charge < -0.3 is 10.6 Å². The Morgan fingerprint density at radius 1 is 1.48 bits per heavy atom. The number of nitrogens with zero attached hydrogens (tertiary/aromatic N) is 2. The topological polar surface area (TPSA) is 83.4 Å². The fourth-order valence-corrected chi connectivity index (χ4v) is 4.75. The molecule has 21 heavy (non-hydrogen) atoms. The lowest BCUT2D eigenvalue weighted by atomic mass is 10.3. The van der Waals surface area contributed by atoms with Crippen molar-refractivity contribution in [3.8, 4) is 0 Å². The van der Waals surface area contributed by atoms with Crippen LogP contribution in [0.3, 0.4) is 0 Å². The molecule has 0 aromatic carbocycles. The van der Waals surface area contributed by atoms with Crippen LogP contribution >= 0.6 is 35.3 Å². The van der Waals surface area contributed by atoms with Crippen LogP contribution in [0.1, 0.15) is 22.0 Å². The molecule has 0 saturated carbocycles. The number of hydrogen-bond acceptors (Lipinski definition) is 5. The second-order valence-corrected chi connectivity index (χ2v) is 8.43. The molecule has 1 unspecified atom stereocenters. The van der Waals surface area contributed by atoms with E-state index in [-0.39, 0.29) is 41.5 Å². The SMILES string of the molecule is CN=C(NCc1sc(C)nc1C)NC1CCS(=O)(=O)C1.I. The molecule has 1 saturated heterocycles. The van der Waals surface area contributed by atoms with Crippen molar-refractivity contribution in [1.29, 1.82) is 0 Å². The average molecular weight is 444 g/mol. The number of aryl methyl sites for hydroxylation is 2. The first-order valence-corrected chi connectivity index (χ1v) is 9.14. The number of aliphatic imine (C=N–C) groups is 1. The smallest absolute Gasteiger partial charge is 0.191 e. The Balaban J connectivity index is 0.00000220. The molecule has 2 rings (SSSR count). The zero-order valence-electron chi connectivity index (χ0n) is 12.3. The summed E-state index contributed by atoms with van der Waals surface area (Å²) in [6.07, 6.45) is 0.641. The van der Waals surface area contributed by atoms with Gasteiger partial charge in [-0.1, -0.05) is 0 Å². The minimum atomic E-state index is -2.87. The van der Waals surface area contributed by atoms with Gasteiger partial charge in [0.1, 0.15) is 0 Å². The minimum absolute atomic E-state index is 0. The minimum Gasteiger partial charge on any atom is -0.353 e. The lowest BCUT2D eigenvalue weighted by Crippen LogP contribution is -2.43. The molecule has 2 heterocycles. The number of hydrogen-bond donors (Lipinski definition) is 2. The maximum absolute atomic E-state index is 11.4. The predicted molar refractivity (Wildman–Crippen MR) is 97.4 cm³/mol. The van der Waals surface area contributed by atoms with Crippen LogP contribution in [-0.2, 0) is 16.4 Å². The number of sulfone groups is 1. The zero-order valence-corrected chi connectivity index (χ0v) is 16.3. The van der Waals surface area contributed by atoms with Crippen molar-refractivity contribution in [2.75, 3.05) is 18.6 Å². The predicted octanol–water partition coefficient (Wildman–Crippen LogP) is 1.23. The van der Waals surface area contributed by atoms with E-state index in [0.717, 1.165) is 10.7 Å². The second kappa shape index (κ2) is 7.73. The Kier molecular flexibility index (Phi) is 6.85. The number of halogens is 1. The van der Waals surface area contributed by atoms with E-state index in [0.29, 0.717) is 18.9 Å². The van der Waals surface area contributed by atoms with Gasteiger partial charge in [0.25, 0.3) is 0 Å². The lowest BCUT2D eigenvalue weighted by molar-refractivity contribution is 0.599. The largest absolute Gasteiger partial charge is 0.353 e. The molecular weight excluding hydrogens is 423 g/mol. The molecule has 1 fully saturated rings. The molecule has 1 aliphatic rings. The van der Waals surface area contributed by atoms with Crippen molar-refractivity contribution in [2.45, 2.75) is 32.9 Å². The van der Waals surface area contributed by atoms with Gasteiger partial charge in [-0.2, -0.15) is 0 Å². The van der Waals surface area contributed by atoms with Gasteiger partial charge in [0, 0.05) is 18.0 Å². The van der Waals surface area contributed by atoms with Crippen LogP contribution < -0.4 is 10.6 Å². The normalized spacial score (nSPS) is 20.9. The molecular formula is C12H21IN4O2S2. The van der Waals surface area contributed by atoms with Gasteiger partial charge in [-0.05, 0) is 20.3 Å². The van der Waals surface area contributed by atoms with Gasteiger partial charge in [0.2, 0.25) is 0 Å². The summed E-state index contributed by atoms with van der Waals surface area (Å²) in [5.74, 6) is 1.08. The van der Waals surface area contributed by atoms with Crippen molar-refractivity contribution in [3.63, 3.8) is 0 Å². The third-order valence-electron chi connectivity index (χ3n) is 3.21. The molecule has 0 radical (unpaired) electrons. The molecule has 2 N–H and O–H groups in total. The number of guanidine groups is 1. The van der Waals surface area contributed by atoms with Crippen molar-refractivity contribution < 1.29 is 8.42 Å². The Morgan fingerprint density at radius 3 is 2.67 bits per heavy atom. The molecule has 0 amide bonds. The molecule has 0 bridgehead atoms. The summed E-state index contributed by atoms with van der Waals surface area (Å²) in [6.45, 7) is 4.62. The highest BCUT2D eigenvalue weighted by atomic mass is 127. The van der Waals surface area contributed by atoms with E-state index in [4.69, 9.17) is 0 Å². The van der Waals surface area contributed by atoms with Gasteiger partial charge in [-0.15, -0.1) is 35.3 Å². The van der Waals surface area contributed by atoms with Crippen LogP contribution in [0.15, 0.2) is 4.99 Å². The van der Waals surface area contributed by atoms with Gasteiger partial charge >= 0.3 is 0 Å². The van der Waals surface area contributed by atoms with Crippen LogP contribution in [0.5, 0.6) is 0 Å². The van der Waals surface area contributed by atoms with E-state index >= 15 is 0 Å². The molecule has 1 aromatic heterocycles. The molecule has 9 heteroatoms. The average Bonchev–Trinajstić information content (AvgIpc) is 2.87. The highest BCUT2D eigenvalue weighted by molar-refractivity contribution is 14.0. The summed E-state index contributed by atoms with van der Waals surface area (Å²) in [4.78, 5) is 9.68. The summed E-state index contributed by atoms with van der Waals surface area (Å²) in [5.41, 5.74) is 1.03. The fourth-order valence-electron chi connectivity index (χ4n) is 2.20. The highest BCUT2D eigenvalue weighted by Gasteiger charge is 2.28. The van der Waals surface area contributed by atoms with Crippen LogP contribution in [-0.4, -0.2) is 44.0 Å². The first kappa shape index (κ1) is 18.6. The van der Waals surface area contributed by atoms with Gasteiger partial charge in [0.15, 0.2) is 15.8 Å². The van der Waals surface area contributed by atoms with E-state index < -0.39 is 9.84 Å². The third-order valence-corrected chi connectivity index (χ3v) is 6.05. The quantitative estimate of drug-likeness (QED) is 0.417. The van der Waals surface area contributed by atoms with E-state index in [9.17, 15) is 8.42 Å². The monoisotopic (exact) mass is 444 g/mol. The Hall–Kier alpha value is -0.420. The van der Waals surface area contributed by atoms with E-state index in [1.165, 1.54) is 4.88 Å². The van der Waals surface area contributed by atoms with Crippen molar-refractivity contribution in [1.82, 2.24) is 15.6 Å². The number of rotatable bonds is 3. The van der Waals surface area contributed by atoms with Gasteiger partial charge in [-0.25, -0.2) is 13.4 Å². The molecule has 1 aliphatic heterocycles. The van der Waals surface area contributed by atoms with Gasteiger partial charge in [0.05, 0.1) is 28.8 Å². The van der Waals surface area contributed by atoms with Crippen molar-refractivity contribution in [2.24, 2.45) is 4.99 Å². The summed E-state index contributed by atoms with van der Waals surface area (Å²) >= 11 is 1.66. The zero-order chi connectivity index (χ0) is 14.8. The van der Waals surface area contributed by atoms with Crippen LogP contribution in [0.25, 0.3) is 0 Å².